The zero-order valence-corrected chi connectivity index (χ0v) is 29.6. The Morgan fingerprint density at radius 1 is 0.550 bits per heavy atom. The maximum Gasteiger partial charge on any atom is 0.507 e. The maximum absolute atomic E-state index is 5.96. The van der Waals surface area contributed by atoms with Crippen molar-refractivity contribution in [1.29, 1.82) is 0 Å². The molecule has 5 heterocycles. The molecule has 3 aliphatic heterocycles. The summed E-state index contributed by atoms with van der Waals surface area (Å²) in [7, 11) is -1.21. The van der Waals surface area contributed by atoms with E-state index in [1.165, 1.54) is 0 Å². The third-order valence-corrected chi connectivity index (χ3v) is 11.5. The van der Waals surface area contributed by atoms with Crippen molar-refractivity contribution in [3.63, 3.8) is 0 Å². The first-order valence-electron chi connectivity index (χ1n) is 13.5. The zero-order valence-electron chi connectivity index (χ0n) is 26.4. The highest BCUT2D eigenvalue weighted by Gasteiger charge is 2.63. The van der Waals surface area contributed by atoms with Gasteiger partial charge in [-0.2, -0.15) is 0 Å². The Balaban J connectivity index is 0.000000180. The van der Waals surface area contributed by atoms with Crippen molar-refractivity contribution in [2.45, 2.75) is 131 Å². The molecule has 0 unspecified atom stereocenters. The van der Waals surface area contributed by atoms with E-state index in [-0.39, 0.29) is 40.7 Å². The van der Waals surface area contributed by atoms with Gasteiger partial charge in [0.1, 0.15) is 0 Å². The Morgan fingerprint density at radius 2 is 0.875 bits per heavy atom. The lowest BCUT2D eigenvalue weighted by Crippen LogP contribution is -2.41. The third-order valence-electron chi connectivity index (χ3n) is 8.70. The predicted molar refractivity (Wildman–Crippen MR) is 169 cm³/mol. The quantitative estimate of drug-likeness (QED) is 0.353. The summed E-state index contributed by atoms with van der Waals surface area (Å²) in [6.45, 7) is 28.4. The minimum absolute atomic E-state index is 0.262. The first-order chi connectivity index (χ1) is 18.0. The molecular formula is C26H44B3BrN2O6S2. The fraction of sp³-hybridized carbons (Fsp3) is 0.769. The number of halogens is 1. The molecule has 0 spiro atoms. The van der Waals surface area contributed by atoms with E-state index in [9.17, 15) is 0 Å². The molecule has 40 heavy (non-hydrogen) atoms. The molecule has 3 saturated heterocycles. The maximum atomic E-state index is 5.96. The minimum Gasteiger partial charge on any atom is -0.405 e. The van der Waals surface area contributed by atoms with Crippen LogP contribution >= 0.6 is 38.6 Å². The molecular weight excluding hydrogens is 613 g/mol. The van der Waals surface area contributed by atoms with Crippen molar-refractivity contribution in [1.82, 2.24) is 9.97 Å². The average Bonchev–Trinajstić information content (AvgIpc) is 3.52. The lowest BCUT2D eigenvalue weighted by molar-refractivity contribution is 0.00578. The van der Waals surface area contributed by atoms with Gasteiger partial charge in [0.25, 0.3) is 0 Å². The van der Waals surface area contributed by atoms with Crippen molar-refractivity contribution >= 4 is 64.5 Å². The number of aromatic nitrogens is 2. The van der Waals surface area contributed by atoms with Crippen molar-refractivity contribution in [3.05, 3.63) is 26.2 Å². The van der Waals surface area contributed by atoms with E-state index in [1.807, 2.05) is 80.3 Å². The highest BCUT2D eigenvalue weighted by molar-refractivity contribution is 9.11. The van der Waals surface area contributed by atoms with E-state index in [2.05, 4.69) is 53.6 Å². The normalized spacial score (nSPS) is 24.8. The number of rotatable bonds is 2. The highest BCUT2D eigenvalue weighted by Crippen LogP contribution is 2.43. The smallest absolute Gasteiger partial charge is 0.405 e. The Labute approximate surface area is 258 Å². The standard InChI is InChI=1S/C12H24B2O4.C10H16BNO2S.C4H4BrNS/c1-9(2)10(3,4)16-13(15-9)14-17-11(5,6)12(7,8)18-14;1-7-8(15-6-12-7)11-13-9(2,3)10(4,5)14-11;1-3-4(5)7-2-6-3/h1-8H3;6H,1-5H3;2H,1H3. The number of hydrogen-bond donors (Lipinski definition) is 0. The van der Waals surface area contributed by atoms with Crippen molar-refractivity contribution in [3.8, 4) is 0 Å². The second kappa shape index (κ2) is 11.7. The van der Waals surface area contributed by atoms with E-state index in [0.29, 0.717) is 0 Å². The molecule has 8 nitrogen and oxygen atoms in total. The van der Waals surface area contributed by atoms with E-state index in [0.717, 1.165) is 20.0 Å². The van der Waals surface area contributed by atoms with Crippen molar-refractivity contribution < 1.29 is 27.9 Å². The van der Waals surface area contributed by atoms with Crippen LogP contribution in [0.5, 0.6) is 0 Å². The van der Waals surface area contributed by atoms with Crippen LogP contribution in [0, 0.1) is 13.8 Å². The summed E-state index contributed by atoms with van der Waals surface area (Å²) in [5.41, 5.74) is 3.74. The lowest BCUT2D eigenvalue weighted by atomic mass is 9.49. The second-order valence-electron chi connectivity index (χ2n) is 13.4. The van der Waals surface area contributed by atoms with Gasteiger partial charge in [-0.25, -0.2) is 4.98 Å². The van der Waals surface area contributed by atoms with Crippen LogP contribution < -0.4 is 4.78 Å². The Morgan fingerprint density at radius 3 is 1.12 bits per heavy atom. The molecule has 14 heteroatoms. The van der Waals surface area contributed by atoms with Crippen LogP contribution in [0.1, 0.15) is 94.5 Å². The Kier molecular flexibility index (Phi) is 9.96. The number of thiazole rings is 2. The molecule has 0 bridgehead atoms. The molecule has 222 valence electrons. The highest BCUT2D eigenvalue weighted by atomic mass is 79.9. The van der Waals surface area contributed by atoms with Gasteiger partial charge in [-0.3, -0.25) is 4.98 Å². The van der Waals surface area contributed by atoms with E-state index < -0.39 is 14.0 Å². The zero-order chi connectivity index (χ0) is 30.5. The lowest BCUT2D eigenvalue weighted by Gasteiger charge is -2.32. The van der Waals surface area contributed by atoms with Crippen LogP contribution in [-0.4, -0.2) is 64.7 Å². The number of nitrogens with zero attached hydrogens (tertiary/aromatic N) is 2. The minimum atomic E-state index is -0.476. The molecule has 5 rings (SSSR count). The molecule has 3 aliphatic rings. The monoisotopic (exact) mass is 656 g/mol. The molecule has 0 N–H and O–H groups in total. The average molecular weight is 657 g/mol. The second-order valence-corrected chi connectivity index (χ2v) is 16.4. The van der Waals surface area contributed by atoms with Gasteiger partial charge >= 0.3 is 21.1 Å². The van der Waals surface area contributed by atoms with E-state index in [1.54, 1.807) is 22.7 Å². The predicted octanol–water partition coefficient (Wildman–Crippen LogP) is 6.21. The van der Waals surface area contributed by atoms with Gasteiger partial charge in [0.15, 0.2) is 0 Å². The van der Waals surface area contributed by atoms with E-state index >= 15 is 0 Å². The summed E-state index contributed by atoms with van der Waals surface area (Å²) in [6, 6.07) is 0. The molecule has 0 atom stereocenters. The molecule has 0 amide bonds. The summed E-state index contributed by atoms with van der Waals surface area (Å²) in [5.74, 6) is 0. The van der Waals surface area contributed by atoms with E-state index in [4.69, 9.17) is 27.9 Å². The van der Waals surface area contributed by atoms with Crippen LogP contribution in [0.2, 0.25) is 0 Å². The van der Waals surface area contributed by atoms with Gasteiger partial charge in [-0.15, -0.1) is 22.7 Å². The van der Waals surface area contributed by atoms with Crippen LogP contribution in [0.4, 0.5) is 0 Å². The van der Waals surface area contributed by atoms with Gasteiger partial charge in [-0.1, -0.05) is 0 Å². The van der Waals surface area contributed by atoms with Gasteiger partial charge in [0, 0.05) is 5.69 Å². The largest absolute Gasteiger partial charge is 0.507 e. The summed E-state index contributed by atoms with van der Waals surface area (Å²) >= 11 is 6.52. The topological polar surface area (TPSA) is 81.2 Å². The molecule has 0 radical (unpaired) electrons. The Bertz CT molecular complexity index is 1070. The Hall–Kier alpha value is -0.305. The fourth-order valence-electron chi connectivity index (χ4n) is 3.77. The number of hydrogen-bond acceptors (Lipinski definition) is 10. The van der Waals surface area contributed by atoms with Gasteiger partial charge in [0.05, 0.1) is 58.9 Å². The SMILES string of the molecule is CC1(C)OB(B2OC(C)(C)C(C)(C)O2)OC1(C)C.Cc1ncsc1B1OC(C)(C)C(C)(C)O1.Cc1ncsc1Br. The molecule has 0 saturated carbocycles. The van der Waals surface area contributed by atoms with Crippen molar-refractivity contribution in [2.24, 2.45) is 0 Å². The summed E-state index contributed by atoms with van der Waals surface area (Å²) in [5, 5.41) is 0. The number of aryl methyl sites for hydroxylation is 2. The van der Waals surface area contributed by atoms with Gasteiger partial charge in [-0.05, 0) is 113 Å². The first-order valence-corrected chi connectivity index (χ1v) is 16.1. The molecule has 0 aromatic carbocycles. The molecule has 2 aromatic heterocycles. The van der Waals surface area contributed by atoms with Gasteiger partial charge < -0.3 is 27.9 Å². The molecule has 2 aromatic rings. The fourth-order valence-corrected chi connectivity index (χ4v) is 5.41. The first kappa shape index (κ1) is 34.2. The summed E-state index contributed by atoms with van der Waals surface area (Å²) < 4.78 is 37.9. The summed E-state index contributed by atoms with van der Waals surface area (Å²) in [4.78, 5) is 8.20. The molecule has 0 aliphatic carbocycles. The molecule has 3 fully saturated rings. The summed E-state index contributed by atoms with van der Waals surface area (Å²) in [6.07, 6.45) is 0. The van der Waals surface area contributed by atoms with Gasteiger partial charge in [0.2, 0.25) is 0 Å². The van der Waals surface area contributed by atoms with Crippen LogP contribution in [-0.2, 0) is 27.9 Å². The van der Waals surface area contributed by atoms with Crippen LogP contribution in [0.15, 0.2) is 14.8 Å². The third kappa shape index (κ3) is 7.08. The van der Waals surface area contributed by atoms with Crippen LogP contribution in [0.3, 0.4) is 0 Å². The van der Waals surface area contributed by atoms with Crippen LogP contribution in [0.25, 0.3) is 0 Å². The van der Waals surface area contributed by atoms with Crippen molar-refractivity contribution in [2.75, 3.05) is 0 Å².